The average molecular weight is 438 g/mol. The standard InChI is InChI=1S/C22H20BrN3O2/c1-15-5-4-6-16(13-15)22(28)26-18-11-9-17(10-12-18)25-21(27)14-24-20-8-3-2-7-19(20)23/h2-13,24H,14H2,1H3,(H,25,27)(H,26,28). The quantitative estimate of drug-likeness (QED) is 0.504. The van der Waals surface area contributed by atoms with Gasteiger partial charge < -0.3 is 16.0 Å². The first kappa shape index (κ1) is 19.6. The lowest BCUT2D eigenvalue weighted by Gasteiger charge is -2.10. The van der Waals surface area contributed by atoms with E-state index in [1.54, 1.807) is 30.3 Å². The van der Waals surface area contributed by atoms with Crippen molar-refractivity contribution in [1.29, 1.82) is 0 Å². The number of hydrogen-bond acceptors (Lipinski definition) is 3. The van der Waals surface area contributed by atoms with Gasteiger partial charge in [-0.15, -0.1) is 0 Å². The van der Waals surface area contributed by atoms with Crippen molar-refractivity contribution in [1.82, 2.24) is 0 Å². The molecule has 0 fully saturated rings. The summed E-state index contributed by atoms with van der Waals surface area (Å²) in [5, 5.41) is 8.75. The molecule has 5 nitrogen and oxygen atoms in total. The first-order valence-electron chi connectivity index (χ1n) is 8.77. The third-order valence-corrected chi connectivity index (χ3v) is 4.71. The number of hydrogen-bond donors (Lipinski definition) is 3. The Balaban J connectivity index is 1.53. The Hall–Kier alpha value is -3.12. The van der Waals surface area contributed by atoms with Gasteiger partial charge in [0.05, 0.1) is 6.54 Å². The number of halogens is 1. The number of carbonyl (C=O) groups is 2. The Labute approximate surface area is 172 Å². The summed E-state index contributed by atoms with van der Waals surface area (Å²) in [5.74, 6) is -0.328. The van der Waals surface area contributed by atoms with Crippen LogP contribution in [0.25, 0.3) is 0 Å². The van der Waals surface area contributed by atoms with Crippen molar-refractivity contribution >= 4 is 44.8 Å². The van der Waals surface area contributed by atoms with E-state index in [4.69, 9.17) is 0 Å². The number of amides is 2. The molecule has 0 atom stereocenters. The number of benzene rings is 3. The van der Waals surface area contributed by atoms with Crippen molar-refractivity contribution in [3.8, 4) is 0 Å². The van der Waals surface area contributed by atoms with Gasteiger partial charge in [0.1, 0.15) is 0 Å². The van der Waals surface area contributed by atoms with E-state index in [0.717, 1.165) is 15.7 Å². The van der Waals surface area contributed by atoms with Crippen LogP contribution in [0.1, 0.15) is 15.9 Å². The van der Waals surface area contributed by atoms with E-state index < -0.39 is 0 Å². The SMILES string of the molecule is Cc1cccc(C(=O)Nc2ccc(NC(=O)CNc3ccccc3Br)cc2)c1. The molecule has 0 bridgehead atoms. The number of carbonyl (C=O) groups excluding carboxylic acids is 2. The zero-order valence-corrected chi connectivity index (χ0v) is 16.9. The van der Waals surface area contributed by atoms with Crippen molar-refractivity contribution < 1.29 is 9.59 Å². The highest BCUT2D eigenvalue weighted by Gasteiger charge is 2.07. The molecule has 0 aliphatic rings. The fourth-order valence-corrected chi connectivity index (χ4v) is 3.04. The Morgan fingerprint density at radius 2 is 1.54 bits per heavy atom. The molecular weight excluding hydrogens is 418 g/mol. The van der Waals surface area contributed by atoms with Gasteiger partial charge in [-0.3, -0.25) is 9.59 Å². The van der Waals surface area contributed by atoms with Gasteiger partial charge in [-0.05, 0) is 71.4 Å². The van der Waals surface area contributed by atoms with E-state index in [9.17, 15) is 9.59 Å². The molecule has 0 saturated heterocycles. The monoisotopic (exact) mass is 437 g/mol. The van der Waals surface area contributed by atoms with Gasteiger partial charge in [-0.1, -0.05) is 29.8 Å². The Bertz CT molecular complexity index is 987. The first-order valence-corrected chi connectivity index (χ1v) is 9.57. The van der Waals surface area contributed by atoms with Gasteiger partial charge in [-0.2, -0.15) is 0 Å². The molecule has 3 rings (SSSR count). The zero-order chi connectivity index (χ0) is 19.9. The van der Waals surface area contributed by atoms with Gasteiger partial charge in [0.2, 0.25) is 5.91 Å². The summed E-state index contributed by atoms with van der Waals surface area (Å²) < 4.78 is 0.900. The Morgan fingerprint density at radius 1 is 0.857 bits per heavy atom. The van der Waals surface area contributed by atoms with E-state index in [1.165, 1.54) is 0 Å². The predicted molar refractivity (Wildman–Crippen MR) is 117 cm³/mol. The van der Waals surface area contributed by atoms with Crippen LogP contribution in [0, 0.1) is 6.92 Å². The van der Waals surface area contributed by atoms with E-state index in [0.29, 0.717) is 16.9 Å². The van der Waals surface area contributed by atoms with Gasteiger partial charge in [-0.25, -0.2) is 0 Å². The molecule has 0 aliphatic carbocycles. The highest BCUT2D eigenvalue weighted by atomic mass is 79.9. The lowest BCUT2D eigenvalue weighted by molar-refractivity contribution is -0.114. The molecule has 3 aromatic rings. The molecule has 3 aromatic carbocycles. The smallest absolute Gasteiger partial charge is 0.255 e. The number of nitrogens with one attached hydrogen (secondary N) is 3. The Morgan fingerprint density at radius 3 is 2.21 bits per heavy atom. The number of para-hydroxylation sites is 1. The minimum absolute atomic E-state index is 0.147. The highest BCUT2D eigenvalue weighted by Crippen LogP contribution is 2.21. The van der Waals surface area contributed by atoms with Crippen LogP contribution in [0.2, 0.25) is 0 Å². The Kier molecular flexibility index (Phi) is 6.45. The fraction of sp³-hybridized carbons (Fsp3) is 0.0909. The first-order chi connectivity index (χ1) is 13.5. The van der Waals surface area contributed by atoms with Crippen molar-refractivity contribution in [3.63, 3.8) is 0 Å². The van der Waals surface area contributed by atoms with Crippen LogP contribution in [-0.4, -0.2) is 18.4 Å². The largest absolute Gasteiger partial charge is 0.375 e. The number of aryl methyl sites for hydroxylation is 1. The van der Waals surface area contributed by atoms with Gasteiger partial charge in [0, 0.05) is 27.1 Å². The lowest BCUT2D eigenvalue weighted by Crippen LogP contribution is -2.21. The minimum Gasteiger partial charge on any atom is -0.375 e. The lowest BCUT2D eigenvalue weighted by atomic mass is 10.1. The van der Waals surface area contributed by atoms with Crippen molar-refractivity contribution in [3.05, 3.63) is 88.4 Å². The van der Waals surface area contributed by atoms with E-state index >= 15 is 0 Å². The predicted octanol–water partition coefficient (Wildman–Crippen LogP) is 5.06. The number of rotatable bonds is 6. The molecule has 3 N–H and O–H groups in total. The zero-order valence-electron chi connectivity index (χ0n) is 15.3. The highest BCUT2D eigenvalue weighted by molar-refractivity contribution is 9.10. The van der Waals surface area contributed by atoms with Crippen molar-refractivity contribution in [2.75, 3.05) is 22.5 Å². The van der Waals surface area contributed by atoms with E-state index in [-0.39, 0.29) is 18.4 Å². The maximum atomic E-state index is 12.3. The molecule has 0 aliphatic heterocycles. The molecule has 0 radical (unpaired) electrons. The molecule has 142 valence electrons. The van der Waals surface area contributed by atoms with Gasteiger partial charge in [0.15, 0.2) is 0 Å². The molecule has 0 spiro atoms. The van der Waals surface area contributed by atoms with Crippen molar-refractivity contribution in [2.45, 2.75) is 6.92 Å². The minimum atomic E-state index is -0.168. The normalized spacial score (nSPS) is 10.2. The molecule has 0 unspecified atom stereocenters. The summed E-state index contributed by atoms with van der Waals surface area (Å²) in [6.07, 6.45) is 0. The van der Waals surface area contributed by atoms with Crippen LogP contribution in [-0.2, 0) is 4.79 Å². The maximum absolute atomic E-state index is 12.3. The summed E-state index contributed by atoms with van der Waals surface area (Å²) >= 11 is 3.43. The van der Waals surface area contributed by atoms with E-state index in [1.807, 2.05) is 49.4 Å². The van der Waals surface area contributed by atoms with E-state index in [2.05, 4.69) is 31.9 Å². The molecule has 0 saturated carbocycles. The third-order valence-electron chi connectivity index (χ3n) is 4.02. The second-order valence-electron chi connectivity index (χ2n) is 6.28. The summed E-state index contributed by atoms with van der Waals surface area (Å²) in [7, 11) is 0. The number of anilines is 3. The van der Waals surface area contributed by atoms with Gasteiger partial charge >= 0.3 is 0 Å². The van der Waals surface area contributed by atoms with Gasteiger partial charge in [0.25, 0.3) is 5.91 Å². The topological polar surface area (TPSA) is 70.2 Å². The summed E-state index contributed by atoms with van der Waals surface area (Å²) in [4.78, 5) is 24.4. The van der Waals surface area contributed by atoms with Crippen LogP contribution in [0.3, 0.4) is 0 Å². The second-order valence-corrected chi connectivity index (χ2v) is 7.14. The maximum Gasteiger partial charge on any atom is 0.255 e. The molecular formula is C22H20BrN3O2. The van der Waals surface area contributed by atoms with Crippen LogP contribution in [0.4, 0.5) is 17.1 Å². The van der Waals surface area contributed by atoms with Crippen LogP contribution >= 0.6 is 15.9 Å². The third kappa shape index (κ3) is 5.44. The molecule has 28 heavy (non-hydrogen) atoms. The van der Waals surface area contributed by atoms with Crippen LogP contribution < -0.4 is 16.0 Å². The van der Waals surface area contributed by atoms with Crippen LogP contribution in [0.5, 0.6) is 0 Å². The average Bonchev–Trinajstić information content (AvgIpc) is 2.69. The molecule has 2 amide bonds. The van der Waals surface area contributed by atoms with Crippen molar-refractivity contribution in [2.24, 2.45) is 0 Å². The summed E-state index contributed by atoms with van der Waals surface area (Å²) in [6, 6.07) is 22.0. The molecule has 6 heteroatoms. The summed E-state index contributed by atoms with van der Waals surface area (Å²) in [5.41, 5.74) is 3.81. The molecule has 0 heterocycles. The van der Waals surface area contributed by atoms with Crippen LogP contribution in [0.15, 0.2) is 77.3 Å². The second kappa shape index (κ2) is 9.19. The summed E-state index contributed by atoms with van der Waals surface area (Å²) in [6.45, 7) is 2.09. The molecule has 0 aromatic heterocycles. The fourth-order valence-electron chi connectivity index (χ4n) is 2.61.